The Morgan fingerprint density at radius 3 is 2.93 bits per heavy atom. The van der Waals surface area contributed by atoms with Crippen molar-refractivity contribution in [2.24, 2.45) is 4.99 Å². The number of hydrogen-bond acceptors (Lipinski definition) is 5. The Kier molecular flexibility index (Phi) is 7.80. The van der Waals surface area contributed by atoms with Crippen LogP contribution in [0.2, 0.25) is 0 Å². The predicted molar refractivity (Wildman–Crippen MR) is 110 cm³/mol. The molecule has 7 heteroatoms. The minimum atomic E-state index is 0.674. The van der Waals surface area contributed by atoms with Gasteiger partial charge in [0.2, 0.25) is 0 Å². The number of fused-ring (bicyclic) bond motifs is 1. The van der Waals surface area contributed by atoms with Crippen LogP contribution in [0.25, 0.3) is 0 Å². The van der Waals surface area contributed by atoms with Crippen molar-refractivity contribution in [1.29, 1.82) is 0 Å². The van der Waals surface area contributed by atoms with Crippen molar-refractivity contribution in [1.82, 2.24) is 5.32 Å². The molecule has 2 heterocycles. The Labute approximate surface area is 164 Å². The van der Waals surface area contributed by atoms with Gasteiger partial charge in [0, 0.05) is 49.9 Å². The first-order valence-corrected chi connectivity index (χ1v) is 10.2. The maximum absolute atomic E-state index is 5.77. The van der Waals surface area contributed by atoms with Gasteiger partial charge in [-0.2, -0.15) is 0 Å². The standard InChI is InChI=1S/C20H27N3O3S/c1-24-11-3-9-21-20(22-10-8-17-5-2-14-27-17)23-16-6-7-18-19(15-16)26-13-4-12-25-18/h2,5-7,14-15H,3-4,8-13H2,1H3,(H2,21,22,23). The molecule has 2 N–H and O–H groups in total. The zero-order chi connectivity index (χ0) is 18.7. The normalized spacial score (nSPS) is 13.9. The molecule has 0 bridgehead atoms. The molecule has 1 aromatic carbocycles. The van der Waals surface area contributed by atoms with Crippen molar-refractivity contribution in [3.05, 3.63) is 40.6 Å². The molecule has 0 amide bonds. The average molecular weight is 390 g/mol. The molecule has 27 heavy (non-hydrogen) atoms. The maximum atomic E-state index is 5.77. The highest BCUT2D eigenvalue weighted by molar-refractivity contribution is 7.09. The zero-order valence-corrected chi connectivity index (χ0v) is 16.5. The summed E-state index contributed by atoms with van der Waals surface area (Å²) >= 11 is 1.77. The number of aliphatic imine (C=N–C) groups is 1. The largest absolute Gasteiger partial charge is 0.490 e. The lowest BCUT2D eigenvalue weighted by molar-refractivity contribution is 0.197. The second kappa shape index (κ2) is 10.8. The second-order valence-electron chi connectivity index (χ2n) is 6.17. The molecule has 6 nitrogen and oxygen atoms in total. The Bertz CT molecular complexity index is 719. The average Bonchev–Trinajstić information content (AvgIpc) is 3.09. The quantitative estimate of drug-likeness (QED) is 0.411. The third-order valence-electron chi connectivity index (χ3n) is 4.03. The lowest BCUT2D eigenvalue weighted by atomic mass is 10.2. The molecule has 0 saturated heterocycles. The monoisotopic (exact) mass is 389 g/mol. The SMILES string of the molecule is COCCCN=C(NCCc1cccs1)Nc1ccc2c(c1)OCCCO2. The van der Waals surface area contributed by atoms with Gasteiger partial charge in [-0.15, -0.1) is 11.3 Å². The van der Waals surface area contributed by atoms with Gasteiger partial charge in [0.15, 0.2) is 17.5 Å². The Hall–Kier alpha value is -2.25. The molecule has 0 aliphatic carbocycles. The smallest absolute Gasteiger partial charge is 0.195 e. The summed E-state index contributed by atoms with van der Waals surface area (Å²) in [6.07, 6.45) is 2.75. The fourth-order valence-electron chi connectivity index (χ4n) is 2.68. The van der Waals surface area contributed by atoms with E-state index in [0.717, 1.165) is 49.0 Å². The number of anilines is 1. The Balaban J connectivity index is 1.61. The van der Waals surface area contributed by atoms with Crippen LogP contribution >= 0.6 is 11.3 Å². The summed E-state index contributed by atoms with van der Waals surface area (Å²) in [6.45, 7) is 3.59. The zero-order valence-electron chi connectivity index (χ0n) is 15.7. The Morgan fingerprint density at radius 2 is 2.11 bits per heavy atom. The van der Waals surface area contributed by atoms with Crippen LogP contribution < -0.4 is 20.1 Å². The summed E-state index contributed by atoms with van der Waals surface area (Å²) in [5, 5.41) is 8.88. The molecular weight excluding hydrogens is 362 g/mol. The van der Waals surface area contributed by atoms with Crippen LogP contribution in [0.15, 0.2) is 40.7 Å². The molecule has 1 aromatic heterocycles. The van der Waals surface area contributed by atoms with Gasteiger partial charge in [-0.05, 0) is 36.4 Å². The third kappa shape index (κ3) is 6.45. The van der Waals surface area contributed by atoms with E-state index < -0.39 is 0 Å². The molecule has 0 atom stereocenters. The molecule has 0 fully saturated rings. The van der Waals surface area contributed by atoms with Crippen molar-refractivity contribution in [2.75, 3.05) is 45.3 Å². The number of methoxy groups -OCH3 is 1. The molecule has 3 rings (SSSR count). The molecular formula is C20H27N3O3S. The highest BCUT2D eigenvalue weighted by atomic mass is 32.1. The number of ether oxygens (including phenoxy) is 3. The minimum Gasteiger partial charge on any atom is -0.490 e. The van der Waals surface area contributed by atoms with Gasteiger partial charge in [-0.25, -0.2) is 0 Å². The molecule has 0 saturated carbocycles. The Morgan fingerprint density at radius 1 is 1.22 bits per heavy atom. The molecule has 0 radical (unpaired) electrons. The lowest BCUT2D eigenvalue weighted by Gasteiger charge is -2.14. The second-order valence-corrected chi connectivity index (χ2v) is 7.20. The van der Waals surface area contributed by atoms with E-state index in [1.54, 1.807) is 18.4 Å². The minimum absolute atomic E-state index is 0.674. The van der Waals surface area contributed by atoms with Crippen LogP contribution in [0.5, 0.6) is 11.5 Å². The summed E-state index contributed by atoms with van der Waals surface area (Å²) in [5.41, 5.74) is 0.924. The molecule has 1 aliphatic rings. The first kappa shape index (κ1) is 19.5. The highest BCUT2D eigenvalue weighted by Crippen LogP contribution is 2.32. The van der Waals surface area contributed by atoms with Gasteiger partial charge in [0.1, 0.15) is 0 Å². The summed E-state index contributed by atoms with van der Waals surface area (Å²) < 4.78 is 16.6. The summed E-state index contributed by atoms with van der Waals surface area (Å²) in [7, 11) is 1.71. The number of guanidine groups is 1. The van der Waals surface area contributed by atoms with Crippen molar-refractivity contribution in [3.8, 4) is 11.5 Å². The molecule has 1 aliphatic heterocycles. The van der Waals surface area contributed by atoms with Gasteiger partial charge in [-0.3, -0.25) is 4.99 Å². The topological polar surface area (TPSA) is 64.1 Å². The number of thiophene rings is 1. The number of rotatable bonds is 8. The van der Waals surface area contributed by atoms with E-state index in [9.17, 15) is 0 Å². The number of benzene rings is 1. The third-order valence-corrected chi connectivity index (χ3v) is 4.97. The molecule has 0 spiro atoms. The lowest BCUT2D eigenvalue weighted by Crippen LogP contribution is -2.32. The number of hydrogen-bond donors (Lipinski definition) is 2. The van der Waals surface area contributed by atoms with Crippen LogP contribution in [-0.4, -0.2) is 46.0 Å². The van der Waals surface area contributed by atoms with Crippen molar-refractivity contribution < 1.29 is 14.2 Å². The van der Waals surface area contributed by atoms with Crippen LogP contribution in [0.1, 0.15) is 17.7 Å². The number of nitrogens with zero attached hydrogens (tertiary/aromatic N) is 1. The summed E-state index contributed by atoms with van der Waals surface area (Å²) in [4.78, 5) is 6.01. The fourth-order valence-corrected chi connectivity index (χ4v) is 3.39. The van der Waals surface area contributed by atoms with Crippen molar-refractivity contribution in [3.63, 3.8) is 0 Å². The van der Waals surface area contributed by atoms with E-state index >= 15 is 0 Å². The van der Waals surface area contributed by atoms with E-state index in [4.69, 9.17) is 14.2 Å². The number of nitrogens with one attached hydrogen (secondary N) is 2. The van der Waals surface area contributed by atoms with Crippen molar-refractivity contribution in [2.45, 2.75) is 19.3 Å². The van der Waals surface area contributed by atoms with E-state index in [0.29, 0.717) is 26.4 Å². The van der Waals surface area contributed by atoms with Crippen molar-refractivity contribution >= 4 is 23.0 Å². The van der Waals surface area contributed by atoms with Gasteiger partial charge in [0.25, 0.3) is 0 Å². The fraction of sp³-hybridized carbons (Fsp3) is 0.450. The highest BCUT2D eigenvalue weighted by Gasteiger charge is 2.11. The van der Waals surface area contributed by atoms with Crippen LogP contribution in [0, 0.1) is 0 Å². The summed E-state index contributed by atoms with van der Waals surface area (Å²) in [5.74, 6) is 2.33. The first-order chi connectivity index (χ1) is 13.3. The predicted octanol–water partition coefficient (Wildman–Crippen LogP) is 3.55. The first-order valence-electron chi connectivity index (χ1n) is 9.31. The van der Waals surface area contributed by atoms with Gasteiger partial charge < -0.3 is 24.8 Å². The van der Waals surface area contributed by atoms with E-state index in [1.165, 1.54) is 4.88 Å². The maximum Gasteiger partial charge on any atom is 0.195 e. The molecule has 146 valence electrons. The summed E-state index contributed by atoms with van der Waals surface area (Å²) in [6, 6.07) is 10.1. The molecule has 2 aromatic rings. The van der Waals surface area contributed by atoms with Crippen LogP contribution in [-0.2, 0) is 11.2 Å². The van der Waals surface area contributed by atoms with E-state index in [1.807, 2.05) is 18.2 Å². The van der Waals surface area contributed by atoms with Crippen LogP contribution in [0.4, 0.5) is 5.69 Å². The van der Waals surface area contributed by atoms with Gasteiger partial charge in [-0.1, -0.05) is 6.07 Å². The van der Waals surface area contributed by atoms with E-state index in [2.05, 4.69) is 33.1 Å². The van der Waals surface area contributed by atoms with Crippen LogP contribution in [0.3, 0.4) is 0 Å². The van der Waals surface area contributed by atoms with Gasteiger partial charge >= 0.3 is 0 Å². The van der Waals surface area contributed by atoms with Gasteiger partial charge in [0.05, 0.1) is 13.2 Å². The van der Waals surface area contributed by atoms with E-state index in [-0.39, 0.29) is 0 Å². The molecule has 0 unspecified atom stereocenters.